The van der Waals surface area contributed by atoms with Crippen molar-refractivity contribution in [3.8, 4) is 11.5 Å². The third-order valence-corrected chi connectivity index (χ3v) is 4.60. The molecule has 0 aliphatic rings. The van der Waals surface area contributed by atoms with Crippen LogP contribution in [0, 0.1) is 12.3 Å². The average molecular weight is 384 g/mol. The fourth-order valence-corrected chi connectivity index (χ4v) is 2.63. The van der Waals surface area contributed by atoms with Gasteiger partial charge in [0, 0.05) is 6.54 Å². The number of carbonyl (C=O) groups is 2. The molecule has 6 heteroatoms. The highest BCUT2D eigenvalue weighted by atomic mass is 16.5. The first kappa shape index (κ1) is 21.3. The number of hydrogen-bond acceptors (Lipinski definition) is 4. The number of ether oxygens (including phenoxy) is 2. The Labute approximate surface area is 166 Å². The summed E-state index contributed by atoms with van der Waals surface area (Å²) in [5.41, 5.74) is 1.38. The van der Waals surface area contributed by atoms with E-state index in [-0.39, 0.29) is 5.91 Å². The van der Waals surface area contributed by atoms with Crippen LogP contribution < -0.4 is 20.1 Å². The molecule has 0 unspecified atom stereocenters. The molecule has 2 aromatic rings. The van der Waals surface area contributed by atoms with Crippen LogP contribution in [0.4, 0.5) is 5.69 Å². The highest BCUT2D eigenvalue weighted by Gasteiger charge is 2.36. The Kier molecular flexibility index (Phi) is 7.04. The van der Waals surface area contributed by atoms with E-state index in [1.165, 1.54) is 7.11 Å². The molecule has 0 radical (unpaired) electrons. The summed E-state index contributed by atoms with van der Waals surface area (Å²) in [5, 5.41) is 5.65. The molecular weight excluding hydrogens is 356 g/mol. The number of hydrogen-bond donors (Lipinski definition) is 2. The Balaban J connectivity index is 1.95. The molecule has 0 aromatic heterocycles. The number of amides is 2. The van der Waals surface area contributed by atoms with Crippen molar-refractivity contribution in [3.63, 3.8) is 0 Å². The van der Waals surface area contributed by atoms with Crippen molar-refractivity contribution in [2.45, 2.75) is 27.2 Å². The van der Waals surface area contributed by atoms with E-state index in [4.69, 9.17) is 9.47 Å². The summed E-state index contributed by atoms with van der Waals surface area (Å²) in [7, 11) is 3.16. The minimum absolute atomic E-state index is 0.329. The highest BCUT2D eigenvalue weighted by Crippen LogP contribution is 2.27. The van der Waals surface area contributed by atoms with Crippen LogP contribution in [-0.4, -0.2) is 32.6 Å². The number of aryl methyl sites for hydroxylation is 1. The van der Waals surface area contributed by atoms with Gasteiger partial charge in [-0.1, -0.05) is 18.2 Å². The maximum atomic E-state index is 12.7. The smallest absolute Gasteiger partial charge is 0.239 e. The molecular formula is C22H28N2O4. The molecule has 28 heavy (non-hydrogen) atoms. The summed E-state index contributed by atoms with van der Waals surface area (Å²) in [6, 6.07) is 13.2. The fourth-order valence-electron chi connectivity index (χ4n) is 2.63. The topological polar surface area (TPSA) is 76.7 Å². The van der Waals surface area contributed by atoms with Gasteiger partial charge in [0.15, 0.2) is 0 Å². The largest absolute Gasteiger partial charge is 0.497 e. The molecule has 0 atom stereocenters. The van der Waals surface area contributed by atoms with Gasteiger partial charge in [-0.25, -0.2) is 0 Å². The van der Waals surface area contributed by atoms with Crippen LogP contribution >= 0.6 is 0 Å². The van der Waals surface area contributed by atoms with Gasteiger partial charge in [-0.2, -0.15) is 0 Å². The molecule has 2 N–H and O–H groups in total. The van der Waals surface area contributed by atoms with Crippen molar-refractivity contribution >= 4 is 17.5 Å². The highest BCUT2D eigenvalue weighted by molar-refractivity contribution is 6.10. The quantitative estimate of drug-likeness (QED) is 0.685. The number of benzene rings is 2. The van der Waals surface area contributed by atoms with E-state index in [0.29, 0.717) is 24.4 Å². The van der Waals surface area contributed by atoms with E-state index >= 15 is 0 Å². The van der Waals surface area contributed by atoms with Crippen molar-refractivity contribution in [3.05, 3.63) is 53.6 Å². The van der Waals surface area contributed by atoms with Gasteiger partial charge in [0.1, 0.15) is 16.9 Å². The molecule has 0 fully saturated rings. The zero-order valence-corrected chi connectivity index (χ0v) is 17.1. The Morgan fingerprint density at radius 2 is 1.64 bits per heavy atom. The molecule has 0 bridgehead atoms. The summed E-state index contributed by atoms with van der Waals surface area (Å²) >= 11 is 0. The van der Waals surface area contributed by atoms with Crippen LogP contribution in [0.2, 0.25) is 0 Å². The number of rotatable bonds is 8. The van der Waals surface area contributed by atoms with Crippen molar-refractivity contribution in [2.75, 3.05) is 26.1 Å². The first-order valence-corrected chi connectivity index (χ1v) is 9.15. The van der Waals surface area contributed by atoms with Crippen LogP contribution in [0.3, 0.4) is 0 Å². The third kappa shape index (κ3) is 5.25. The first-order chi connectivity index (χ1) is 13.3. The van der Waals surface area contributed by atoms with Crippen molar-refractivity contribution in [1.29, 1.82) is 0 Å². The Bertz CT molecular complexity index is 829. The Hall–Kier alpha value is -3.02. The molecule has 0 saturated carbocycles. The predicted octanol–water partition coefficient (Wildman–Crippen LogP) is 3.34. The first-order valence-electron chi connectivity index (χ1n) is 9.15. The third-order valence-electron chi connectivity index (χ3n) is 4.60. The normalized spacial score (nSPS) is 10.9. The molecule has 6 nitrogen and oxygen atoms in total. The maximum Gasteiger partial charge on any atom is 0.239 e. The van der Waals surface area contributed by atoms with Gasteiger partial charge >= 0.3 is 0 Å². The summed E-state index contributed by atoms with van der Waals surface area (Å²) < 4.78 is 10.4. The monoisotopic (exact) mass is 384 g/mol. The lowest BCUT2D eigenvalue weighted by atomic mass is 9.90. The second-order valence-corrected chi connectivity index (χ2v) is 7.14. The van der Waals surface area contributed by atoms with Crippen LogP contribution in [-0.2, 0) is 16.0 Å². The zero-order chi connectivity index (χ0) is 20.7. The number of anilines is 1. The molecule has 0 heterocycles. The predicted molar refractivity (Wildman–Crippen MR) is 110 cm³/mol. The minimum Gasteiger partial charge on any atom is -0.497 e. The Morgan fingerprint density at radius 1 is 0.964 bits per heavy atom. The van der Waals surface area contributed by atoms with Gasteiger partial charge in [-0.15, -0.1) is 0 Å². The summed E-state index contributed by atoms with van der Waals surface area (Å²) in [4.78, 5) is 25.3. The SMILES string of the molecule is COc1ccc(CCNC(=O)C(C)(C)C(=O)Nc2cc(C)ccc2OC)cc1. The van der Waals surface area contributed by atoms with Gasteiger partial charge < -0.3 is 20.1 Å². The molecule has 0 saturated heterocycles. The van der Waals surface area contributed by atoms with E-state index < -0.39 is 11.3 Å². The number of carbonyl (C=O) groups excluding carboxylic acids is 2. The molecule has 0 aliphatic heterocycles. The van der Waals surface area contributed by atoms with Crippen LogP contribution in [0.5, 0.6) is 11.5 Å². The van der Waals surface area contributed by atoms with Gasteiger partial charge in [-0.3, -0.25) is 9.59 Å². The molecule has 2 amide bonds. The molecule has 0 aliphatic carbocycles. The molecule has 2 rings (SSSR count). The van der Waals surface area contributed by atoms with E-state index in [0.717, 1.165) is 16.9 Å². The van der Waals surface area contributed by atoms with Gasteiger partial charge in [0.05, 0.1) is 19.9 Å². The standard InChI is InChI=1S/C22H28N2O4/c1-15-6-11-19(28-5)18(14-15)24-21(26)22(2,3)20(25)23-13-12-16-7-9-17(27-4)10-8-16/h6-11,14H,12-13H2,1-5H3,(H,23,25)(H,24,26). The van der Waals surface area contributed by atoms with Crippen molar-refractivity contribution in [1.82, 2.24) is 5.32 Å². The van der Waals surface area contributed by atoms with Gasteiger partial charge in [0.25, 0.3) is 0 Å². The lowest BCUT2D eigenvalue weighted by Crippen LogP contribution is -2.45. The van der Waals surface area contributed by atoms with E-state index in [1.807, 2.05) is 43.3 Å². The van der Waals surface area contributed by atoms with Crippen molar-refractivity contribution in [2.24, 2.45) is 5.41 Å². The second-order valence-electron chi connectivity index (χ2n) is 7.14. The van der Waals surface area contributed by atoms with Crippen LogP contribution in [0.25, 0.3) is 0 Å². The zero-order valence-electron chi connectivity index (χ0n) is 17.1. The van der Waals surface area contributed by atoms with Crippen molar-refractivity contribution < 1.29 is 19.1 Å². The molecule has 2 aromatic carbocycles. The fraction of sp³-hybridized carbons (Fsp3) is 0.364. The summed E-state index contributed by atoms with van der Waals surface area (Å²) in [6.45, 7) is 5.57. The second kappa shape index (κ2) is 9.26. The van der Waals surface area contributed by atoms with Gasteiger partial charge in [-0.05, 0) is 62.6 Å². The number of nitrogens with one attached hydrogen (secondary N) is 2. The van der Waals surface area contributed by atoms with Gasteiger partial charge in [0.2, 0.25) is 11.8 Å². The molecule has 0 spiro atoms. The molecule has 150 valence electrons. The lowest BCUT2D eigenvalue weighted by molar-refractivity contribution is -0.138. The van der Waals surface area contributed by atoms with Crippen LogP contribution in [0.15, 0.2) is 42.5 Å². The maximum absolute atomic E-state index is 12.7. The lowest BCUT2D eigenvalue weighted by Gasteiger charge is -2.23. The van der Waals surface area contributed by atoms with E-state index in [2.05, 4.69) is 10.6 Å². The Morgan fingerprint density at radius 3 is 2.25 bits per heavy atom. The summed E-state index contributed by atoms with van der Waals surface area (Å²) in [5.74, 6) is 0.621. The van der Waals surface area contributed by atoms with Crippen LogP contribution in [0.1, 0.15) is 25.0 Å². The average Bonchev–Trinajstić information content (AvgIpc) is 2.68. The van der Waals surface area contributed by atoms with E-state index in [9.17, 15) is 9.59 Å². The summed E-state index contributed by atoms with van der Waals surface area (Å²) in [6.07, 6.45) is 0.666. The van der Waals surface area contributed by atoms with E-state index in [1.54, 1.807) is 27.0 Å². The minimum atomic E-state index is -1.23. The number of methoxy groups -OCH3 is 2.